The molecule has 1 aromatic rings. The first kappa shape index (κ1) is 23.9. The van der Waals surface area contributed by atoms with E-state index >= 15 is 0 Å². The molecule has 0 saturated carbocycles. The van der Waals surface area contributed by atoms with E-state index in [1.54, 1.807) is 4.90 Å². The fraction of sp³-hybridized carbons (Fsp3) is 0.609. The first-order valence-corrected chi connectivity index (χ1v) is 11.9. The fourth-order valence-electron chi connectivity index (χ4n) is 3.50. The summed E-state index contributed by atoms with van der Waals surface area (Å²) in [5, 5.41) is 3.00. The van der Waals surface area contributed by atoms with E-state index in [0.717, 1.165) is 18.4 Å². The predicted molar refractivity (Wildman–Crippen MR) is 126 cm³/mol. The third-order valence-corrected chi connectivity index (χ3v) is 6.90. The van der Waals surface area contributed by atoms with Crippen molar-refractivity contribution >= 4 is 40.1 Å². The maximum absolute atomic E-state index is 13.2. The molecule has 1 N–H and O–H groups in total. The number of thioether (sulfide) groups is 1. The monoisotopic (exact) mass is 434 g/mol. The van der Waals surface area contributed by atoms with E-state index in [1.807, 2.05) is 44.2 Å². The molecule has 1 heterocycles. The first-order valence-electron chi connectivity index (χ1n) is 10.7. The van der Waals surface area contributed by atoms with Crippen molar-refractivity contribution in [2.45, 2.75) is 89.5 Å². The number of rotatable bonds is 11. The molecule has 1 unspecified atom stereocenters. The van der Waals surface area contributed by atoms with Crippen LogP contribution in [-0.2, 0) is 16.1 Å². The van der Waals surface area contributed by atoms with Crippen LogP contribution in [0.4, 0.5) is 0 Å². The zero-order chi connectivity index (χ0) is 21.3. The molecule has 2 rings (SSSR count). The Balaban J connectivity index is 1.89. The standard InChI is InChI=1S/C23H34N2O2S2/c1-4-5-6-7-8-9-13-16-19(26)24-20-21(27)25(22(28)29-23(20,2)3)17-18-14-11-10-12-15-18/h10-12,14-15,20H,4-9,13,16-17H2,1-3H3,(H,24,26). The number of nitrogens with one attached hydrogen (secondary N) is 1. The van der Waals surface area contributed by atoms with E-state index in [1.165, 1.54) is 43.9 Å². The number of amides is 2. The van der Waals surface area contributed by atoms with Crippen LogP contribution >= 0.6 is 24.0 Å². The highest BCUT2D eigenvalue weighted by molar-refractivity contribution is 8.24. The third-order valence-electron chi connectivity index (χ3n) is 5.28. The lowest BCUT2D eigenvalue weighted by Gasteiger charge is -2.42. The summed E-state index contributed by atoms with van der Waals surface area (Å²) in [7, 11) is 0. The predicted octanol–water partition coefficient (Wildman–Crippen LogP) is 5.45. The van der Waals surface area contributed by atoms with Gasteiger partial charge in [0.2, 0.25) is 5.91 Å². The Hall–Kier alpha value is -1.40. The van der Waals surface area contributed by atoms with Crippen LogP contribution in [0, 0.1) is 0 Å². The minimum Gasteiger partial charge on any atom is -0.343 e. The molecule has 0 aliphatic carbocycles. The molecule has 29 heavy (non-hydrogen) atoms. The smallest absolute Gasteiger partial charge is 0.252 e. The van der Waals surface area contributed by atoms with Gasteiger partial charge in [-0.05, 0) is 25.8 Å². The second-order valence-electron chi connectivity index (χ2n) is 8.25. The molecule has 1 fully saturated rings. The average molecular weight is 435 g/mol. The summed E-state index contributed by atoms with van der Waals surface area (Å²) in [4.78, 5) is 27.3. The van der Waals surface area contributed by atoms with E-state index < -0.39 is 10.8 Å². The summed E-state index contributed by atoms with van der Waals surface area (Å²) in [6, 6.07) is 9.24. The summed E-state index contributed by atoms with van der Waals surface area (Å²) in [6.07, 6.45) is 8.65. The topological polar surface area (TPSA) is 49.4 Å². The normalized spacial score (nSPS) is 18.7. The first-order chi connectivity index (χ1) is 13.8. The van der Waals surface area contributed by atoms with Gasteiger partial charge in [-0.3, -0.25) is 14.5 Å². The number of unbranched alkanes of at least 4 members (excludes halogenated alkanes) is 6. The van der Waals surface area contributed by atoms with Crippen LogP contribution < -0.4 is 5.32 Å². The molecule has 1 atom stereocenters. The van der Waals surface area contributed by atoms with Crippen LogP contribution in [0.1, 0.15) is 77.7 Å². The highest BCUT2D eigenvalue weighted by Crippen LogP contribution is 2.37. The molecular formula is C23H34N2O2S2. The maximum Gasteiger partial charge on any atom is 0.252 e. The van der Waals surface area contributed by atoms with E-state index in [0.29, 0.717) is 17.3 Å². The molecule has 1 aliphatic heterocycles. The minimum absolute atomic E-state index is 0.0435. The van der Waals surface area contributed by atoms with Crippen molar-refractivity contribution in [3.8, 4) is 0 Å². The molecule has 1 aromatic carbocycles. The van der Waals surface area contributed by atoms with Gasteiger partial charge in [-0.1, -0.05) is 99.8 Å². The van der Waals surface area contributed by atoms with Gasteiger partial charge in [0.1, 0.15) is 10.4 Å². The lowest BCUT2D eigenvalue weighted by molar-refractivity contribution is -0.134. The van der Waals surface area contributed by atoms with Crippen molar-refractivity contribution in [2.24, 2.45) is 0 Å². The van der Waals surface area contributed by atoms with Crippen molar-refractivity contribution in [3.63, 3.8) is 0 Å². The minimum atomic E-state index is -0.569. The summed E-state index contributed by atoms with van der Waals surface area (Å²) < 4.78 is 0.110. The molecule has 0 bridgehead atoms. The van der Waals surface area contributed by atoms with Crippen molar-refractivity contribution in [3.05, 3.63) is 35.9 Å². The largest absolute Gasteiger partial charge is 0.343 e. The van der Waals surface area contributed by atoms with Crippen LogP contribution in [0.25, 0.3) is 0 Å². The lowest BCUT2D eigenvalue weighted by atomic mass is 10.00. The Kier molecular flexibility index (Phi) is 9.63. The van der Waals surface area contributed by atoms with Gasteiger partial charge in [0.15, 0.2) is 0 Å². The molecule has 6 heteroatoms. The van der Waals surface area contributed by atoms with Gasteiger partial charge >= 0.3 is 0 Å². The molecule has 0 spiro atoms. The Labute approximate surface area is 185 Å². The number of carbonyl (C=O) groups is 2. The molecule has 0 radical (unpaired) electrons. The van der Waals surface area contributed by atoms with Gasteiger partial charge in [-0.15, -0.1) is 0 Å². The average Bonchev–Trinajstić information content (AvgIpc) is 2.68. The summed E-state index contributed by atoms with van der Waals surface area (Å²) >= 11 is 6.99. The van der Waals surface area contributed by atoms with Gasteiger partial charge in [0.25, 0.3) is 5.91 Å². The van der Waals surface area contributed by atoms with E-state index in [2.05, 4.69) is 12.2 Å². The van der Waals surface area contributed by atoms with Crippen LogP contribution in [-0.4, -0.2) is 31.8 Å². The number of nitrogens with zero attached hydrogens (tertiary/aromatic N) is 1. The van der Waals surface area contributed by atoms with Gasteiger partial charge < -0.3 is 5.32 Å². The van der Waals surface area contributed by atoms with Crippen LogP contribution in [0.3, 0.4) is 0 Å². The van der Waals surface area contributed by atoms with Crippen molar-refractivity contribution in [2.75, 3.05) is 0 Å². The zero-order valence-corrected chi connectivity index (χ0v) is 19.5. The van der Waals surface area contributed by atoms with Gasteiger partial charge in [0.05, 0.1) is 6.54 Å². The number of thiocarbonyl (C=S) groups is 1. The van der Waals surface area contributed by atoms with E-state index in [9.17, 15) is 9.59 Å². The summed E-state index contributed by atoms with van der Waals surface area (Å²) in [6.45, 7) is 6.59. The molecule has 1 aliphatic rings. The van der Waals surface area contributed by atoms with Crippen molar-refractivity contribution in [1.29, 1.82) is 0 Å². The molecule has 2 amide bonds. The number of benzene rings is 1. The number of hydrogen-bond donors (Lipinski definition) is 1. The van der Waals surface area contributed by atoms with Crippen LogP contribution in [0.2, 0.25) is 0 Å². The van der Waals surface area contributed by atoms with Crippen LogP contribution in [0.15, 0.2) is 30.3 Å². The molecule has 160 valence electrons. The molecule has 1 saturated heterocycles. The van der Waals surface area contributed by atoms with Crippen molar-refractivity contribution in [1.82, 2.24) is 10.2 Å². The van der Waals surface area contributed by atoms with E-state index in [4.69, 9.17) is 12.2 Å². The maximum atomic E-state index is 13.2. The van der Waals surface area contributed by atoms with E-state index in [-0.39, 0.29) is 11.8 Å². The second-order valence-corrected chi connectivity index (χ2v) is 10.5. The second kappa shape index (κ2) is 11.7. The Bertz CT molecular complexity index is 691. The molecule has 0 aromatic heterocycles. The van der Waals surface area contributed by atoms with Gasteiger partial charge in [-0.2, -0.15) is 0 Å². The SMILES string of the molecule is CCCCCCCCCC(=O)NC1C(=O)N(Cc2ccccc2)C(=S)SC1(C)C. The molecular weight excluding hydrogens is 400 g/mol. The quantitative estimate of drug-likeness (QED) is 0.372. The highest BCUT2D eigenvalue weighted by Gasteiger charge is 2.46. The summed E-state index contributed by atoms with van der Waals surface area (Å²) in [5.74, 6) is -0.159. The Morgan fingerprint density at radius 1 is 1.10 bits per heavy atom. The Morgan fingerprint density at radius 2 is 1.72 bits per heavy atom. The van der Waals surface area contributed by atoms with Crippen LogP contribution in [0.5, 0.6) is 0 Å². The highest BCUT2D eigenvalue weighted by atomic mass is 32.2. The number of hydrogen-bond acceptors (Lipinski definition) is 4. The molecule has 4 nitrogen and oxygen atoms in total. The lowest BCUT2D eigenvalue weighted by Crippen LogP contribution is -2.62. The van der Waals surface area contributed by atoms with Gasteiger partial charge in [-0.25, -0.2) is 0 Å². The number of carbonyl (C=O) groups excluding carboxylic acids is 2. The zero-order valence-electron chi connectivity index (χ0n) is 17.9. The van der Waals surface area contributed by atoms with Gasteiger partial charge in [0, 0.05) is 11.2 Å². The van der Waals surface area contributed by atoms with Crippen molar-refractivity contribution < 1.29 is 9.59 Å². The fourth-order valence-corrected chi connectivity index (χ4v) is 5.29. The summed E-state index contributed by atoms with van der Waals surface area (Å²) in [5.41, 5.74) is 1.02. The Morgan fingerprint density at radius 3 is 2.38 bits per heavy atom. The third kappa shape index (κ3) is 7.41.